The number of aromatic hydroxyl groups is 4. The van der Waals surface area contributed by atoms with Crippen molar-refractivity contribution >= 4 is 0 Å². The normalized spacial score (nSPS) is 9.38. The van der Waals surface area contributed by atoms with E-state index in [9.17, 15) is 0 Å². The van der Waals surface area contributed by atoms with Crippen molar-refractivity contribution in [2.24, 2.45) is 0 Å². The summed E-state index contributed by atoms with van der Waals surface area (Å²) in [5.41, 5.74) is 2.74. The van der Waals surface area contributed by atoms with E-state index in [1.165, 1.54) is 59.7 Å². The van der Waals surface area contributed by atoms with Gasteiger partial charge in [0.05, 0.1) is 0 Å². The van der Waals surface area contributed by atoms with E-state index in [1.54, 1.807) is 0 Å². The quantitative estimate of drug-likeness (QED) is 0.343. The third-order valence-corrected chi connectivity index (χ3v) is 3.79. The largest absolute Gasteiger partial charge is 0.508 e. The van der Waals surface area contributed by atoms with E-state index < -0.39 is 0 Å². The van der Waals surface area contributed by atoms with E-state index in [0.717, 1.165) is 6.42 Å². The standard InChI is InChI=1S/C13H12.2C6H6O2/c1-3-7-12(8-4-1)11-13-9-5-2-6-10-13;2*7-5-1-2-6(8)4-3-5/h1-10H,11H2;2*1-4,7-8H. The van der Waals surface area contributed by atoms with Crippen LogP contribution in [-0.2, 0) is 6.42 Å². The summed E-state index contributed by atoms with van der Waals surface area (Å²) in [6, 6.07) is 32.5. The summed E-state index contributed by atoms with van der Waals surface area (Å²) in [6.07, 6.45) is 1.03. The molecule has 0 bridgehead atoms. The second kappa shape index (κ2) is 11.7. The molecule has 4 nitrogen and oxygen atoms in total. The molecule has 0 aliphatic heterocycles. The highest BCUT2D eigenvalue weighted by Crippen LogP contribution is 2.14. The van der Waals surface area contributed by atoms with Crippen LogP contribution < -0.4 is 0 Å². The number of phenolic OH excluding ortho intramolecular Hbond substituents is 4. The lowest BCUT2D eigenvalue weighted by Crippen LogP contribution is -1.85. The fraction of sp³-hybridized carbons (Fsp3) is 0.0400. The highest BCUT2D eigenvalue weighted by Gasteiger charge is 1.92. The summed E-state index contributed by atoms with van der Waals surface area (Å²) in [7, 11) is 0. The molecule has 0 spiro atoms. The van der Waals surface area contributed by atoms with Gasteiger partial charge in [0.2, 0.25) is 0 Å². The number of phenols is 4. The highest BCUT2D eigenvalue weighted by molar-refractivity contribution is 5.29. The summed E-state index contributed by atoms with van der Waals surface area (Å²) < 4.78 is 0. The average Bonchev–Trinajstić information content (AvgIpc) is 2.75. The first kappa shape index (κ1) is 21.4. The molecule has 4 aromatic rings. The second-order valence-electron chi connectivity index (χ2n) is 6.18. The Hall–Kier alpha value is -3.92. The van der Waals surface area contributed by atoms with Gasteiger partial charge in [-0.15, -0.1) is 0 Å². The van der Waals surface area contributed by atoms with Crippen LogP contribution in [0.1, 0.15) is 11.1 Å². The third-order valence-electron chi connectivity index (χ3n) is 3.79. The fourth-order valence-corrected chi connectivity index (χ4v) is 2.33. The summed E-state index contributed by atoms with van der Waals surface area (Å²) in [6.45, 7) is 0. The SMILES string of the molecule is Oc1ccc(O)cc1.Oc1ccc(O)cc1.c1ccc(Cc2ccccc2)cc1. The van der Waals surface area contributed by atoms with Crippen LogP contribution in [0.15, 0.2) is 109 Å². The van der Waals surface area contributed by atoms with Crippen LogP contribution in [0, 0.1) is 0 Å². The zero-order valence-corrected chi connectivity index (χ0v) is 15.9. The van der Waals surface area contributed by atoms with Crippen molar-refractivity contribution in [3.8, 4) is 23.0 Å². The maximum atomic E-state index is 8.65. The van der Waals surface area contributed by atoms with E-state index in [0.29, 0.717) is 0 Å². The van der Waals surface area contributed by atoms with Crippen molar-refractivity contribution < 1.29 is 20.4 Å². The molecule has 4 heteroatoms. The minimum atomic E-state index is 0.169. The molecular weight excluding hydrogens is 364 g/mol. The minimum absolute atomic E-state index is 0.169. The van der Waals surface area contributed by atoms with Crippen molar-refractivity contribution in [1.82, 2.24) is 0 Å². The maximum absolute atomic E-state index is 8.65. The minimum Gasteiger partial charge on any atom is -0.508 e. The Morgan fingerprint density at radius 3 is 0.828 bits per heavy atom. The van der Waals surface area contributed by atoms with Gasteiger partial charge in [-0.2, -0.15) is 0 Å². The Kier molecular flexibility index (Phi) is 8.64. The van der Waals surface area contributed by atoms with E-state index >= 15 is 0 Å². The van der Waals surface area contributed by atoms with Crippen LogP contribution in [0.5, 0.6) is 23.0 Å². The number of benzene rings is 4. The monoisotopic (exact) mass is 388 g/mol. The number of hydrogen-bond donors (Lipinski definition) is 4. The molecule has 0 amide bonds. The Bertz CT molecular complexity index is 812. The first-order valence-corrected chi connectivity index (χ1v) is 9.07. The highest BCUT2D eigenvalue weighted by atomic mass is 16.3. The molecule has 0 fully saturated rings. The summed E-state index contributed by atoms with van der Waals surface area (Å²) >= 11 is 0. The van der Waals surface area contributed by atoms with Gasteiger partial charge in [-0.1, -0.05) is 60.7 Å². The predicted octanol–water partition coefficient (Wildman–Crippen LogP) is 5.47. The molecule has 0 radical (unpaired) electrons. The van der Waals surface area contributed by atoms with Gasteiger partial charge in [-0.3, -0.25) is 0 Å². The van der Waals surface area contributed by atoms with E-state index in [4.69, 9.17) is 20.4 Å². The van der Waals surface area contributed by atoms with Crippen molar-refractivity contribution in [1.29, 1.82) is 0 Å². The van der Waals surface area contributed by atoms with E-state index in [1.807, 2.05) is 0 Å². The smallest absolute Gasteiger partial charge is 0.115 e. The molecule has 29 heavy (non-hydrogen) atoms. The lowest BCUT2D eigenvalue weighted by Gasteiger charge is -2.00. The van der Waals surface area contributed by atoms with Gasteiger partial charge in [0.1, 0.15) is 23.0 Å². The molecule has 0 aromatic heterocycles. The first-order valence-electron chi connectivity index (χ1n) is 9.07. The molecular formula is C25H24O4. The van der Waals surface area contributed by atoms with Gasteiger partial charge in [-0.05, 0) is 66.1 Å². The van der Waals surface area contributed by atoms with Gasteiger partial charge in [-0.25, -0.2) is 0 Å². The summed E-state index contributed by atoms with van der Waals surface area (Å²) in [4.78, 5) is 0. The van der Waals surface area contributed by atoms with Gasteiger partial charge >= 0.3 is 0 Å². The lowest BCUT2D eigenvalue weighted by molar-refractivity contribution is 0.460. The average molecular weight is 388 g/mol. The molecule has 4 aromatic carbocycles. The van der Waals surface area contributed by atoms with Crippen molar-refractivity contribution in [2.75, 3.05) is 0 Å². The topological polar surface area (TPSA) is 80.9 Å². The molecule has 4 rings (SSSR count). The Labute approximate surface area is 170 Å². The van der Waals surface area contributed by atoms with Crippen LogP contribution in [0.3, 0.4) is 0 Å². The third kappa shape index (κ3) is 9.02. The van der Waals surface area contributed by atoms with Crippen LogP contribution >= 0.6 is 0 Å². The van der Waals surface area contributed by atoms with Crippen molar-refractivity contribution in [3.63, 3.8) is 0 Å². The molecule has 148 valence electrons. The molecule has 0 saturated heterocycles. The van der Waals surface area contributed by atoms with Gasteiger partial charge < -0.3 is 20.4 Å². The van der Waals surface area contributed by atoms with Crippen molar-refractivity contribution in [2.45, 2.75) is 6.42 Å². The number of rotatable bonds is 2. The molecule has 0 heterocycles. The van der Waals surface area contributed by atoms with Crippen LogP contribution in [0.4, 0.5) is 0 Å². The summed E-state index contributed by atoms with van der Waals surface area (Å²) in [5.74, 6) is 0.677. The fourth-order valence-electron chi connectivity index (χ4n) is 2.33. The van der Waals surface area contributed by atoms with Crippen molar-refractivity contribution in [3.05, 3.63) is 120 Å². The zero-order valence-electron chi connectivity index (χ0n) is 15.9. The lowest BCUT2D eigenvalue weighted by atomic mass is 10.1. The first-order chi connectivity index (χ1) is 14.0. The zero-order chi connectivity index (χ0) is 20.9. The van der Waals surface area contributed by atoms with Crippen LogP contribution in [0.25, 0.3) is 0 Å². The Balaban J connectivity index is 0.000000164. The van der Waals surface area contributed by atoms with E-state index in [2.05, 4.69) is 60.7 Å². The summed E-state index contributed by atoms with van der Waals surface area (Å²) in [5, 5.41) is 34.6. The molecule has 0 aliphatic carbocycles. The number of hydrogen-bond acceptors (Lipinski definition) is 4. The van der Waals surface area contributed by atoms with Gasteiger partial charge in [0.15, 0.2) is 0 Å². The van der Waals surface area contributed by atoms with Gasteiger partial charge in [0, 0.05) is 0 Å². The maximum Gasteiger partial charge on any atom is 0.115 e. The Morgan fingerprint density at radius 2 is 0.586 bits per heavy atom. The van der Waals surface area contributed by atoms with Crippen LogP contribution in [0.2, 0.25) is 0 Å². The molecule has 4 N–H and O–H groups in total. The molecule has 0 aliphatic rings. The molecule has 0 saturated carbocycles. The van der Waals surface area contributed by atoms with Crippen LogP contribution in [-0.4, -0.2) is 20.4 Å². The predicted molar refractivity (Wildman–Crippen MR) is 115 cm³/mol. The molecule has 0 atom stereocenters. The van der Waals surface area contributed by atoms with Gasteiger partial charge in [0.25, 0.3) is 0 Å². The van der Waals surface area contributed by atoms with E-state index in [-0.39, 0.29) is 23.0 Å². The second-order valence-corrected chi connectivity index (χ2v) is 6.18. The Morgan fingerprint density at radius 1 is 0.345 bits per heavy atom. The molecule has 0 unspecified atom stereocenters.